The summed E-state index contributed by atoms with van der Waals surface area (Å²) in [4.78, 5) is 22.1. The highest BCUT2D eigenvalue weighted by atomic mass is 35.5. The van der Waals surface area contributed by atoms with Gasteiger partial charge in [-0.25, -0.2) is 4.79 Å². The fraction of sp³-hybridized carbons (Fsp3) is 0.385. The zero-order chi connectivity index (χ0) is 12.8. The maximum absolute atomic E-state index is 11.4. The molecule has 3 nitrogen and oxygen atoms in total. The molecule has 90 valence electrons. The van der Waals surface area contributed by atoms with Crippen molar-refractivity contribution in [2.75, 3.05) is 0 Å². The monoisotopic (exact) mass is 252 g/mol. The molecule has 1 aromatic carbocycles. The molecule has 2 rings (SSSR count). The smallest absolute Gasteiger partial charge is 0.377 e. The summed E-state index contributed by atoms with van der Waals surface area (Å²) in [5.74, 6) is -2.41. The number of rotatable bonds is 2. The summed E-state index contributed by atoms with van der Waals surface area (Å²) >= 11 is 5.96. The van der Waals surface area contributed by atoms with Crippen molar-refractivity contribution in [2.45, 2.75) is 26.7 Å². The van der Waals surface area contributed by atoms with Crippen LogP contribution in [0.2, 0.25) is 5.02 Å². The lowest BCUT2D eigenvalue weighted by atomic mass is 9.90. The predicted molar refractivity (Wildman–Crippen MR) is 64.6 cm³/mol. The summed E-state index contributed by atoms with van der Waals surface area (Å²) in [5.41, 5.74) is 2.39. The Hall–Kier alpha value is -1.35. The highest BCUT2D eigenvalue weighted by Gasteiger charge is 2.30. The van der Waals surface area contributed by atoms with Gasteiger partial charge in [0.25, 0.3) is 5.78 Å². The Morgan fingerprint density at radius 3 is 2.29 bits per heavy atom. The third-order valence-corrected chi connectivity index (χ3v) is 3.38. The summed E-state index contributed by atoms with van der Waals surface area (Å²) < 4.78 is 0. The first-order valence-corrected chi connectivity index (χ1v) is 5.77. The number of carbonyl (C=O) groups excluding carboxylic acids is 1. The van der Waals surface area contributed by atoms with Crippen molar-refractivity contribution < 1.29 is 14.7 Å². The van der Waals surface area contributed by atoms with Gasteiger partial charge in [0.1, 0.15) is 0 Å². The van der Waals surface area contributed by atoms with Gasteiger partial charge in [0.05, 0.1) is 5.02 Å². The van der Waals surface area contributed by atoms with E-state index in [2.05, 4.69) is 13.8 Å². The van der Waals surface area contributed by atoms with Gasteiger partial charge in [-0.05, 0) is 41.5 Å². The fourth-order valence-corrected chi connectivity index (χ4v) is 2.64. The van der Waals surface area contributed by atoms with E-state index in [4.69, 9.17) is 16.7 Å². The standard InChI is InChI=1S/C13H13ClO3/c1-13(2)5-7-3-9(11(15)12(16)17)10(14)4-8(7)6-13/h3-4H,5-6H2,1-2H3,(H,16,17). The van der Waals surface area contributed by atoms with Crippen LogP contribution >= 0.6 is 11.6 Å². The van der Waals surface area contributed by atoms with E-state index >= 15 is 0 Å². The van der Waals surface area contributed by atoms with E-state index in [0.29, 0.717) is 0 Å². The highest BCUT2D eigenvalue weighted by Crippen LogP contribution is 2.38. The van der Waals surface area contributed by atoms with Gasteiger partial charge in [0.15, 0.2) is 0 Å². The molecule has 0 heterocycles. The second-order valence-corrected chi connectivity index (χ2v) is 5.66. The maximum atomic E-state index is 11.4. The Morgan fingerprint density at radius 1 is 1.24 bits per heavy atom. The van der Waals surface area contributed by atoms with Crippen LogP contribution in [-0.2, 0) is 17.6 Å². The van der Waals surface area contributed by atoms with Crippen LogP contribution < -0.4 is 0 Å². The zero-order valence-electron chi connectivity index (χ0n) is 9.71. The fourth-order valence-electron chi connectivity index (χ4n) is 2.37. The van der Waals surface area contributed by atoms with Crippen molar-refractivity contribution in [3.8, 4) is 0 Å². The topological polar surface area (TPSA) is 54.4 Å². The van der Waals surface area contributed by atoms with Crippen molar-refractivity contribution >= 4 is 23.4 Å². The first-order valence-electron chi connectivity index (χ1n) is 5.39. The second kappa shape index (κ2) is 3.84. The summed E-state index contributed by atoms with van der Waals surface area (Å²) in [6.07, 6.45) is 1.75. The average molecular weight is 253 g/mol. The molecule has 0 saturated heterocycles. The molecule has 0 atom stereocenters. The van der Waals surface area contributed by atoms with Gasteiger partial charge >= 0.3 is 5.97 Å². The van der Waals surface area contributed by atoms with Crippen LogP contribution in [0.4, 0.5) is 0 Å². The number of carbonyl (C=O) groups is 2. The maximum Gasteiger partial charge on any atom is 0.377 e. The molecular weight excluding hydrogens is 240 g/mol. The zero-order valence-corrected chi connectivity index (χ0v) is 10.5. The van der Waals surface area contributed by atoms with Crippen LogP contribution in [0.25, 0.3) is 0 Å². The van der Waals surface area contributed by atoms with Gasteiger partial charge in [-0.3, -0.25) is 4.79 Å². The average Bonchev–Trinajstić information content (AvgIpc) is 2.48. The van der Waals surface area contributed by atoms with E-state index in [1.54, 1.807) is 12.1 Å². The Bertz CT molecular complexity index is 518. The number of fused-ring (bicyclic) bond motifs is 1. The van der Waals surface area contributed by atoms with E-state index in [1.807, 2.05) is 0 Å². The molecule has 0 radical (unpaired) electrons. The minimum absolute atomic E-state index is 0.0932. The number of carboxylic acid groups (broad SMARTS) is 1. The molecule has 0 unspecified atom stereocenters. The van der Waals surface area contributed by atoms with Crippen LogP contribution in [-0.4, -0.2) is 16.9 Å². The lowest BCUT2D eigenvalue weighted by Gasteiger charge is -2.14. The molecule has 0 amide bonds. The van der Waals surface area contributed by atoms with E-state index < -0.39 is 11.8 Å². The van der Waals surface area contributed by atoms with Gasteiger partial charge in [-0.15, -0.1) is 0 Å². The van der Waals surface area contributed by atoms with Gasteiger partial charge in [0.2, 0.25) is 0 Å². The van der Waals surface area contributed by atoms with E-state index in [0.717, 1.165) is 24.0 Å². The normalized spacial score (nSPS) is 16.6. The number of Topliss-reactive ketones (excluding diaryl/α,β-unsaturated/α-hetero) is 1. The summed E-state index contributed by atoms with van der Waals surface area (Å²) in [6, 6.07) is 3.35. The summed E-state index contributed by atoms with van der Waals surface area (Å²) in [5, 5.41) is 8.93. The Labute approximate surface area is 104 Å². The van der Waals surface area contributed by atoms with Crippen LogP contribution in [0.3, 0.4) is 0 Å². The van der Waals surface area contributed by atoms with Crippen molar-refractivity contribution in [3.63, 3.8) is 0 Å². The first kappa shape index (κ1) is 12.1. The van der Waals surface area contributed by atoms with E-state index in [-0.39, 0.29) is 16.0 Å². The molecule has 0 fully saturated rings. The van der Waals surface area contributed by atoms with E-state index in [1.165, 1.54) is 0 Å². The number of aliphatic carboxylic acids is 1. The van der Waals surface area contributed by atoms with Crippen LogP contribution in [0.1, 0.15) is 35.3 Å². The Morgan fingerprint density at radius 2 is 1.76 bits per heavy atom. The van der Waals surface area contributed by atoms with E-state index in [9.17, 15) is 9.59 Å². The van der Waals surface area contributed by atoms with Crippen LogP contribution in [0.15, 0.2) is 12.1 Å². The number of halogens is 1. The molecule has 1 N–H and O–H groups in total. The van der Waals surface area contributed by atoms with Crippen LogP contribution in [0, 0.1) is 5.41 Å². The molecule has 1 aliphatic rings. The predicted octanol–water partition coefficient (Wildman–Crippen LogP) is 2.73. The number of hydrogen-bond acceptors (Lipinski definition) is 2. The molecule has 0 bridgehead atoms. The summed E-state index contributed by atoms with van der Waals surface area (Å²) in [7, 11) is 0. The lowest BCUT2D eigenvalue weighted by Crippen LogP contribution is -2.13. The largest absolute Gasteiger partial charge is 0.475 e. The van der Waals surface area contributed by atoms with Crippen LogP contribution in [0.5, 0.6) is 0 Å². The second-order valence-electron chi connectivity index (χ2n) is 5.25. The van der Waals surface area contributed by atoms with Crippen molar-refractivity contribution in [1.82, 2.24) is 0 Å². The molecule has 0 saturated carbocycles. The quantitative estimate of drug-likeness (QED) is 0.650. The molecule has 0 aliphatic heterocycles. The third kappa shape index (κ3) is 2.20. The number of carboxylic acids is 1. The summed E-state index contributed by atoms with van der Waals surface area (Å²) in [6.45, 7) is 4.28. The molecule has 1 aromatic rings. The Balaban J connectivity index is 2.47. The van der Waals surface area contributed by atoms with Crippen molar-refractivity contribution in [1.29, 1.82) is 0 Å². The minimum Gasteiger partial charge on any atom is -0.475 e. The highest BCUT2D eigenvalue weighted by molar-refractivity contribution is 6.45. The molecule has 17 heavy (non-hydrogen) atoms. The third-order valence-electron chi connectivity index (χ3n) is 3.07. The molecular formula is C13H13ClO3. The number of ketones is 1. The number of hydrogen-bond donors (Lipinski definition) is 1. The van der Waals surface area contributed by atoms with Gasteiger partial charge in [-0.2, -0.15) is 0 Å². The molecule has 4 heteroatoms. The molecule has 1 aliphatic carbocycles. The van der Waals surface area contributed by atoms with Gasteiger partial charge in [-0.1, -0.05) is 25.4 Å². The SMILES string of the molecule is CC1(C)Cc2cc(Cl)c(C(=O)C(=O)O)cc2C1. The molecule has 0 aromatic heterocycles. The lowest BCUT2D eigenvalue weighted by molar-refractivity contribution is -0.131. The van der Waals surface area contributed by atoms with Gasteiger partial charge < -0.3 is 5.11 Å². The van der Waals surface area contributed by atoms with Crippen molar-refractivity contribution in [3.05, 3.63) is 33.8 Å². The van der Waals surface area contributed by atoms with Gasteiger partial charge in [0, 0.05) is 5.56 Å². The minimum atomic E-state index is -1.47. The molecule has 0 spiro atoms. The number of benzene rings is 1. The Kier molecular flexibility index (Phi) is 2.74. The van der Waals surface area contributed by atoms with Crippen molar-refractivity contribution in [2.24, 2.45) is 5.41 Å². The first-order chi connectivity index (χ1) is 7.80.